The van der Waals surface area contributed by atoms with E-state index in [1.807, 2.05) is 24.3 Å². The van der Waals surface area contributed by atoms with E-state index < -0.39 is 0 Å². The molecule has 3 fully saturated rings. The van der Waals surface area contributed by atoms with Gasteiger partial charge in [-0.3, -0.25) is 9.80 Å². The van der Waals surface area contributed by atoms with Crippen molar-refractivity contribution in [3.63, 3.8) is 0 Å². The molecule has 0 radical (unpaired) electrons. The van der Waals surface area contributed by atoms with Crippen molar-refractivity contribution in [2.24, 2.45) is 5.92 Å². The largest absolute Gasteiger partial charge is 0.442 e. The van der Waals surface area contributed by atoms with Crippen LogP contribution in [0, 0.1) is 5.92 Å². The number of carbonyl (C=O) groups excluding carboxylic acids is 1. The lowest BCUT2D eigenvalue weighted by atomic mass is 10.2. The summed E-state index contributed by atoms with van der Waals surface area (Å²) in [5.41, 5.74) is 1.97. The van der Waals surface area contributed by atoms with E-state index >= 15 is 0 Å². The van der Waals surface area contributed by atoms with Crippen LogP contribution in [0.3, 0.4) is 0 Å². The minimum absolute atomic E-state index is 0.188. The number of piperazine rings is 1. The van der Waals surface area contributed by atoms with Gasteiger partial charge in [-0.2, -0.15) is 0 Å². The highest BCUT2D eigenvalue weighted by molar-refractivity contribution is 7.80. The van der Waals surface area contributed by atoms with Gasteiger partial charge in [-0.25, -0.2) is 9.18 Å². The zero-order chi connectivity index (χ0) is 19.5. The first kappa shape index (κ1) is 19.4. The number of ether oxygens (including phenoxy) is 1. The number of carbonyl (C=O) groups is 1. The average molecular weight is 407 g/mol. The summed E-state index contributed by atoms with van der Waals surface area (Å²) in [4.78, 5) is 19.3. The number of halogens is 1. The van der Waals surface area contributed by atoms with E-state index in [0.29, 0.717) is 25.6 Å². The van der Waals surface area contributed by atoms with Gasteiger partial charge in [0.25, 0.3) is 0 Å². The van der Waals surface area contributed by atoms with Crippen molar-refractivity contribution < 1.29 is 13.9 Å². The number of anilines is 2. The summed E-state index contributed by atoms with van der Waals surface area (Å²) >= 11 is 5.33. The first-order chi connectivity index (χ1) is 13.6. The SMILES string of the molecule is O=C1OC(CNC(=S)C2CC2)CN1c1ccc(N2CCN(CCF)CC2)cc1. The van der Waals surface area contributed by atoms with Gasteiger partial charge in [0, 0.05) is 50.0 Å². The summed E-state index contributed by atoms with van der Waals surface area (Å²) in [5.74, 6) is 0.523. The third-order valence-electron chi connectivity index (χ3n) is 5.63. The number of rotatable bonds is 7. The molecule has 1 atom stereocenters. The van der Waals surface area contributed by atoms with Gasteiger partial charge in [-0.05, 0) is 37.1 Å². The lowest BCUT2D eigenvalue weighted by Gasteiger charge is -2.35. The third-order valence-corrected chi connectivity index (χ3v) is 6.10. The lowest BCUT2D eigenvalue weighted by Crippen LogP contribution is -2.47. The second-order valence-electron chi connectivity index (χ2n) is 7.67. The zero-order valence-electron chi connectivity index (χ0n) is 16.0. The van der Waals surface area contributed by atoms with Crippen molar-refractivity contribution in [3.8, 4) is 0 Å². The first-order valence-electron chi connectivity index (χ1n) is 10.0. The van der Waals surface area contributed by atoms with Crippen LogP contribution in [0.5, 0.6) is 0 Å². The number of nitrogens with one attached hydrogen (secondary N) is 1. The Morgan fingerprint density at radius 2 is 1.82 bits per heavy atom. The molecule has 0 spiro atoms. The number of benzene rings is 1. The zero-order valence-corrected chi connectivity index (χ0v) is 16.8. The number of nitrogens with zero attached hydrogens (tertiary/aromatic N) is 3. The van der Waals surface area contributed by atoms with Crippen molar-refractivity contribution in [2.45, 2.75) is 18.9 Å². The summed E-state index contributed by atoms with van der Waals surface area (Å²) in [6.07, 6.45) is 1.84. The van der Waals surface area contributed by atoms with E-state index in [4.69, 9.17) is 17.0 Å². The summed E-state index contributed by atoms with van der Waals surface area (Å²) in [5, 5.41) is 3.24. The Hall–Kier alpha value is -1.93. The molecule has 8 heteroatoms. The molecular formula is C20H27FN4O2S. The maximum absolute atomic E-state index is 12.5. The van der Waals surface area contributed by atoms with E-state index in [0.717, 1.165) is 42.5 Å². The van der Waals surface area contributed by atoms with Gasteiger partial charge in [0.2, 0.25) is 0 Å². The van der Waals surface area contributed by atoms with Crippen molar-refractivity contribution >= 4 is 34.7 Å². The molecule has 1 aromatic rings. The standard InChI is InChI=1S/C20H27FN4O2S/c21-7-8-23-9-11-24(12-10-23)16-3-5-17(6-4-16)25-14-18(27-20(25)26)13-22-19(28)15-1-2-15/h3-6,15,18H,1-2,7-14H2,(H,22,28). The topological polar surface area (TPSA) is 48.1 Å². The van der Waals surface area contributed by atoms with Crippen molar-refractivity contribution in [3.05, 3.63) is 24.3 Å². The van der Waals surface area contributed by atoms with Crippen LogP contribution in [0.25, 0.3) is 0 Å². The van der Waals surface area contributed by atoms with Gasteiger partial charge in [0.1, 0.15) is 12.8 Å². The van der Waals surface area contributed by atoms with Gasteiger partial charge in [-0.15, -0.1) is 0 Å². The monoisotopic (exact) mass is 406 g/mol. The molecule has 6 nitrogen and oxygen atoms in total. The number of hydrogen-bond donors (Lipinski definition) is 1. The Bertz CT molecular complexity index is 705. The molecule has 1 amide bonds. The molecule has 2 saturated heterocycles. The van der Waals surface area contributed by atoms with E-state index in [1.54, 1.807) is 4.90 Å². The summed E-state index contributed by atoms with van der Waals surface area (Å²) in [6, 6.07) is 8.02. The van der Waals surface area contributed by atoms with E-state index in [9.17, 15) is 9.18 Å². The molecule has 2 aliphatic heterocycles. The maximum atomic E-state index is 12.5. The van der Waals surface area contributed by atoms with E-state index in [1.165, 1.54) is 12.8 Å². The van der Waals surface area contributed by atoms with Crippen LogP contribution in [0.15, 0.2) is 24.3 Å². The highest BCUT2D eigenvalue weighted by Crippen LogP contribution is 2.30. The van der Waals surface area contributed by atoms with Gasteiger partial charge in [-0.1, -0.05) is 12.2 Å². The molecule has 1 aromatic carbocycles. The van der Waals surface area contributed by atoms with Gasteiger partial charge < -0.3 is 15.0 Å². The lowest BCUT2D eigenvalue weighted by molar-refractivity contribution is 0.143. The normalized spacial score (nSPS) is 23.0. The third kappa shape index (κ3) is 4.55. The molecule has 2 heterocycles. The minimum atomic E-state index is -0.309. The number of hydrogen-bond acceptors (Lipinski definition) is 5. The Balaban J connectivity index is 1.29. The molecular weight excluding hydrogens is 379 g/mol. The molecule has 1 N–H and O–H groups in total. The number of amides is 1. The molecule has 1 saturated carbocycles. The number of alkyl halides is 1. The van der Waals surface area contributed by atoms with Gasteiger partial charge >= 0.3 is 6.09 Å². The van der Waals surface area contributed by atoms with Crippen molar-refractivity contribution in [1.29, 1.82) is 0 Å². The molecule has 28 heavy (non-hydrogen) atoms. The van der Waals surface area contributed by atoms with Gasteiger partial charge in [0.05, 0.1) is 18.1 Å². The summed E-state index contributed by atoms with van der Waals surface area (Å²) in [7, 11) is 0. The second kappa shape index (κ2) is 8.61. The van der Waals surface area contributed by atoms with Crippen LogP contribution >= 0.6 is 12.2 Å². The van der Waals surface area contributed by atoms with Crippen molar-refractivity contribution in [2.75, 3.05) is 62.3 Å². The highest BCUT2D eigenvalue weighted by Gasteiger charge is 2.33. The predicted molar refractivity (Wildman–Crippen MR) is 112 cm³/mol. The van der Waals surface area contributed by atoms with Crippen LogP contribution in [-0.2, 0) is 4.74 Å². The molecule has 3 aliphatic rings. The predicted octanol–water partition coefficient (Wildman–Crippen LogP) is 2.43. The second-order valence-corrected chi connectivity index (χ2v) is 8.11. The van der Waals surface area contributed by atoms with Gasteiger partial charge in [0.15, 0.2) is 0 Å². The number of cyclic esters (lactones) is 1. The van der Waals surface area contributed by atoms with E-state index in [-0.39, 0.29) is 18.9 Å². The first-order valence-corrected chi connectivity index (χ1v) is 10.4. The Kier molecular flexibility index (Phi) is 5.96. The van der Waals surface area contributed by atoms with Crippen LogP contribution < -0.4 is 15.1 Å². The molecule has 0 aromatic heterocycles. The maximum Gasteiger partial charge on any atom is 0.414 e. The van der Waals surface area contributed by atoms with Crippen molar-refractivity contribution in [1.82, 2.24) is 10.2 Å². The molecule has 1 unspecified atom stereocenters. The highest BCUT2D eigenvalue weighted by atomic mass is 32.1. The molecule has 152 valence electrons. The summed E-state index contributed by atoms with van der Waals surface area (Å²) in [6.45, 7) is 4.86. The fourth-order valence-corrected chi connectivity index (χ4v) is 4.05. The molecule has 0 bridgehead atoms. The fraction of sp³-hybridized carbons (Fsp3) is 0.600. The fourth-order valence-electron chi connectivity index (χ4n) is 3.74. The quantitative estimate of drug-likeness (QED) is 0.702. The van der Waals surface area contributed by atoms with Crippen LogP contribution in [0.2, 0.25) is 0 Å². The molecule has 1 aliphatic carbocycles. The smallest absolute Gasteiger partial charge is 0.414 e. The van der Waals surface area contributed by atoms with Crippen LogP contribution in [0.4, 0.5) is 20.6 Å². The Labute approximate surface area is 170 Å². The minimum Gasteiger partial charge on any atom is -0.442 e. The Morgan fingerprint density at radius 3 is 2.46 bits per heavy atom. The molecule has 4 rings (SSSR count). The Morgan fingerprint density at radius 1 is 1.14 bits per heavy atom. The van der Waals surface area contributed by atoms with E-state index in [2.05, 4.69) is 15.1 Å². The van der Waals surface area contributed by atoms with Crippen LogP contribution in [0.1, 0.15) is 12.8 Å². The summed E-state index contributed by atoms with van der Waals surface area (Å²) < 4.78 is 17.9. The number of thiocarbonyl (C=S) groups is 1. The van der Waals surface area contributed by atoms with Crippen LogP contribution in [-0.4, -0.2) is 74.6 Å². The average Bonchev–Trinajstić information content (AvgIpc) is 3.50.